The summed E-state index contributed by atoms with van der Waals surface area (Å²) in [6.45, 7) is 5.14. The second kappa shape index (κ2) is 8.08. The number of benzene rings is 2. The number of ether oxygens (including phenoxy) is 1. The highest BCUT2D eigenvalue weighted by molar-refractivity contribution is 5.98. The first-order valence-electron chi connectivity index (χ1n) is 8.90. The molecule has 0 unspecified atom stereocenters. The van der Waals surface area contributed by atoms with Crippen LogP contribution in [0.25, 0.3) is 11.5 Å². The second-order valence-corrected chi connectivity index (χ2v) is 6.53. The quantitative estimate of drug-likeness (QED) is 0.645. The number of ketones is 1. The van der Waals surface area contributed by atoms with Crippen LogP contribution in [-0.2, 0) is 11.2 Å². The molecule has 0 fully saturated rings. The average molecular weight is 378 g/mol. The van der Waals surface area contributed by atoms with Crippen molar-refractivity contribution < 1.29 is 18.7 Å². The Morgan fingerprint density at radius 3 is 2.61 bits per heavy atom. The van der Waals surface area contributed by atoms with E-state index >= 15 is 0 Å². The summed E-state index contributed by atoms with van der Waals surface area (Å²) < 4.78 is 11.1. The number of nitrogens with one attached hydrogen (secondary N) is 1. The molecule has 0 aliphatic heterocycles. The zero-order valence-corrected chi connectivity index (χ0v) is 16.3. The maximum atomic E-state index is 12.5. The van der Waals surface area contributed by atoms with Crippen molar-refractivity contribution in [2.45, 2.75) is 27.2 Å². The Hall–Kier alpha value is -3.41. The number of para-hydroxylation sites is 1. The van der Waals surface area contributed by atoms with Crippen LogP contribution in [0.5, 0.6) is 5.75 Å². The van der Waals surface area contributed by atoms with Crippen molar-refractivity contribution >= 4 is 17.4 Å². The first-order chi connectivity index (χ1) is 13.4. The summed E-state index contributed by atoms with van der Waals surface area (Å²) in [7, 11) is 1.58. The van der Waals surface area contributed by atoms with E-state index in [9.17, 15) is 9.59 Å². The smallest absolute Gasteiger partial charge is 0.230 e. The fourth-order valence-electron chi connectivity index (χ4n) is 2.85. The molecule has 0 aliphatic carbocycles. The van der Waals surface area contributed by atoms with E-state index in [-0.39, 0.29) is 18.1 Å². The molecule has 1 heterocycles. The van der Waals surface area contributed by atoms with Gasteiger partial charge < -0.3 is 14.5 Å². The zero-order chi connectivity index (χ0) is 20.3. The van der Waals surface area contributed by atoms with Crippen LogP contribution in [0.15, 0.2) is 46.9 Å². The van der Waals surface area contributed by atoms with Crippen LogP contribution in [0.1, 0.15) is 34.3 Å². The predicted molar refractivity (Wildman–Crippen MR) is 107 cm³/mol. The van der Waals surface area contributed by atoms with Gasteiger partial charge in [-0.1, -0.05) is 24.3 Å². The number of carbonyl (C=O) groups is 2. The molecule has 28 heavy (non-hydrogen) atoms. The van der Waals surface area contributed by atoms with E-state index in [4.69, 9.17) is 9.15 Å². The first kappa shape index (κ1) is 19.4. The summed E-state index contributed by atoms with van der Waals surface area (Å²) in [6.07, 6.45) is 0.0637. The molecule has 0 spiro atoms. The van der Waals surface area contributed by atoms with Gasteiger partial charge in [0, 0.05) is 11.3 Å². The molecule has 3 rings (SSSR count). The van der Waals surface area contributed by atoms with E-state index in [1.165, 1.54) is 6.92 Å². The molecular formula is C22H22N2O4. The SMILES string of the molecule is COc1ccccc1-c1nc(CC(=O)Nc2cc(C(C)=O)ccc2C)c(C)o1. The van der Waals surface area contributed by atoms with Crippen molar-refractivity contribution in [3.05, 3.63) is 65.0 Å². The van der Waals surface area contributed by atoms with Gasteiger partial charge in [-0.2, -0.15) is 0 Å². The Balaban J connectivity index is 1.79. The van der Waals surface area contributed by atoms with Crippen molar-refractivity contribution in [1.82, 2.24) is 4.98 Å². The third-order valence-corrected chi connectivity index (χ3v) is 4.48. The molecule has 2 aromatic carbocycles. The standard InChI is InChI=1S/C22H22N2O4/c1-13-9-10-16(14(2)25)11-18(13)23-21(26)12-19-15(3)28-22(24-19)17-7-5-6-8-20(17)27-4/h5-11H,12H2,1-4H3,(H,23,26). The number of anilines is 1. The lowest BCUT2D eigenvalue weighted by Crippen LogP contribution is -2.16. The lowest BCUT2D eigenvalue weighted by molar-refractivity contribution is -0.115. The maximum Gasteiger partial charge on any atom is 0.230 e. The monoisotopic (exact) mass is 378 g/mol. The number of carbonyl (C=O) groups excluding carboxylic acids is 2. The molecular weight excluding hydrogens is 356 g/mol. The Bertz CT molecular complexity index is 1040. The van der Waals surface area contributed by atoms with Gasteiger partial charge in [-0.05, 0) is 44.5 Å². The summed E-state index contributed by atoms with van der Waals surface area (Å²) in [5.74, 6) is 1.35. The van der Waals surface area contributed by atoms with Crippen molar-refractivity contribution in [1.29, 1.82) is 0 Å². The largest absolute Gasteiger partial charge is 0.496 e. The molecule has 0 saturated heterocycles. The predicted octanol–water partition coefficient (Wildman–Crippen LogP) is 4.35. The van der Waals surface area contributed by atoms with Crippen LogP contribution in [0.4, 0.5) is 5.69 Å². The zero-order valence-electron chi connectivity index (χ0n) is 16.3. The number of aromatic nitrogens is 1. The van der Waals surface area contributed by atoms with Gasteiger partial charge in [0.05, 0.1) is 24.8 Å². The normalized spacial score (nSPS) is 10.6. The van der Waals surface area contributed by atoms with Crippen LogP contribution in [0.3, 0.4) is 0 Å². The molecule has 6 heteroatoms. The summed E-state index contributed by atoms with van der Waals surface area (Å²) in [5, 5.41) is 2.86. The van der Waals surface area contributed by atoms with Gasteiger partial charge in [-0.3, -0.25) is 9.59 Å². The van der Waals surface area contributed by atoms with E-state index in [1.54, 1.807) is 26.2 Å². The number of rotatable bonds is 6. The fraction of sp³-hybridized carbons (Fsp3) is 0.227. The third kappa shape index (κ3) is 4.11. The molecule has 1 amide bonds. The van der Waals surface area contributed by atoms with Crippen LogP contribution >= 0.6 is 0 Å². The van der Waals surface area contributed by atoms with Gasteiger partial charge in [-0.15, -0.1) is 0 Å². The van der Waals surface area contributed by atoms with Gasteiger partial charge in [0.15, 0.2) is 5.78 Å². The molecule has 3 aromatic rings. The molecule has 0 saturated carbocycles. The number of oxazole rings is 1. The minimum atomic E-state index is -0.230. The number of aryl methyl sites for hydroxylation is 2. The second-order valence-electron chi connectivity index (χ2n) is 6.53. The van der Waals surface area contributed by atoms with E-state index in [2.05, 4.69) is 10.3 Å². The Labute approximate surface area is 163 Å². The average Bonchev–Trinajstić information content (AvgIpc) is 3.03. The van der Waals surface area contributed by atoms with Gasteiger partial charge >= 0.3 is 0 Å². The Kier molecular flexibility index (Phi) is 5.59. The fourth-order valence-corrected chi connectivity index (χ4v) is 2.85. The highest BCUT2D eigenvalue weighted by Crippen LogP contribution is 2.30. The molecule has 0 bridgehead atoms. The first-order valence-corrected chi connectivity index (χ1v) is 8.90. The molecule has 1 aromatic heterocycles. The highest BCUT2D eigenvalue weighted by Gasteiger charge is 2.17. The summed E-state index contributed by atoms with van der Waals surface area (Å²) >= 11 is 0. The van der Waals surface area contributed by atoms with Crippen molar-refractivity contribution in [2.75, 3.05) is 12.4 Å². The highest BCUT2D eigenvalue weighted by atomic mass is 16.5. The lowest BCUT2D eigenvalue weighted by atomic mass is 10.1. The maximum absolute atomic E-state index is 12.5. The van der Waals surface area contributed by atoms with E-state index < -0.39 is 0 Å². The summed E-state index contributed by atoms with van der Waals surface area (Å²) in [5.41, 5.74) is 3.33. The van der Waals surface area contributed by atoms with Crippen LogP contribution in [-0.4, -0.2) is 23.8 Å². The minimum absolute atomic E-state index is 0.0516. The van der Waals surface area contributed by atoms with E-state index in [1.807, 2.05) is 37.3 Å². The van der Waals surface area contributed by atoms with E-state index in [0.29, 0.717) is 34.3 Å². The van der Waals surface area contributed by atoms with Gasteiger partial charge in [-0.25, -0.2) is 4.98 Å². The van der Waals surface area contributed by atoms with Crippen LogP contribution < -0.4 is 10.1 Å². The molecule has 0 aliphatic rings. The van der Waals surface area contributed by atoms with Gasteiger partial charge in [0.2, 0.25) is 11.8 Å². The van der Waals surface area contributed by atoms with Crippen LogP contribution in [0.2, 0.25) is 0 Å². The van der Waals surface area contributed by atoms with Crippen molar-refractivity contribution in [3.8, 4) is 17.2 Å². The number of hydrogen-bond acceptors (Lipinski definition) is 5. The molecule has 1 N–H and O–H groups in total. The van der Waals surface area contributed by atoms with Crippen molar-refractivity contribution in [2.24, 2.45) is 0 Å². The Morgan fingerprint density at radius 1 is 1.14 bits per heavy atom. The molecule has 0 radical (unpaired) electrons. The number of Topliss-reactive ketones (excluding diaryl/α,β-unsaturated/α-hetero) is 1. The molecule has 0 atom stereocenters. The van der Waals surface area contributed by atoms with Crippen molar-refractivity contribution in [3.63, 3.8) is 0 Å². The molecule has 144 valence electrons. The lowest BCUT2D eigenvalue weighted by Gasteiger charge is -2.09. The number of amides is 1. The van der Waals surface area contributed by atoms with Crippen LogP contribution in [0, 0.1) is 13.8 Å². The molecule has 6 nitrogen and oxygen atoms in total. The topological polar surface area (TPSA) is 81.4 Å². The summed E-state index contributed by atoms with van der Waals surface area (Å²) in [6, 6.07) is 12.7. The number of methoxy groups -OCH3 is 1. The van der Waals surface area contributed by atoms with Gasteiger partial charge in [0.1, 0.15) is 11.5 Å². The van der Waals surface area contributed by atoms with Gasteiger partial charge in [0.25, 0.3) is 0 Å². The number of hydrogen-bond donors (Lipinski definition) is 1. The summed E-state index contributed by atoms with van der Waals surface area (Å²) in [4.78, 5) is 28.6. The third-order valence-electron chi connectivity index (χ3n) is 4.48. The van der Waals surface area contributed by atoms with E-state index in [0.717, 1.165) is 11.1 Å². The number of nitrogens with zero attached hydrogens (tertiary/aromatic N) is 1. The minimum Gasteiger partial charge on any atom is -0.496 e. The Morgan fingerprint density at radius 2 is 1.89 bits per heavy atom.